The van der Waals surface area contributed by atoms with Gasteiger partial charge in [-0.3, -0.25) is 0 Å². The smallest absolute Gasteiger partial charge is 0.0232 e. The molecule has 0 amide bonds. The second-order valence-electron chi connectivity index (χ2n) is 2.02. The first-order chi connectivity index (χ1) is 4.31. The molecule has 0 radical (unpaired) electrons. The lowest BCUT2D eigenvalue weighted by molar-refractivity contribution is 0.710. The second kappa shape index (κ2) is 7.53. The van der Waals surface area contributed by atoms with E-state index in [0.717, 1.165) is 6.54 Å². The summed E-state index contributed by atoms with van der Waals surface area (Å²) in [6.45, 7) is 0.835. The average molecular weight is 353 g/mol. The van der Waals surface area contributed by atoms with Crippen molar-refractivity contribution in [1.82, 2.24) is 0 Å². The van der Waals surface area contributed by atoms with Crippen molar-refractivity contribution in [1.29, 1.82) is 0 Å². The number of unbranched alkanes of at least 4 members (excludes halogenated alkanes) is 1. The van der Waals surface area contributed by atoms with Gasteiger partial charge in [-0.05, 0) is 17.3 Å². The van der Waals surface area contributed by atoms with Crippen molar-refractivity contribution >= 4 is 45.2 Å². The molecule has 0 aliphatic carbocycles. The summed E-state index contributed by atoms with van der Waals surface area (Å²) in [5.74, 6) is 0. The second-order valence-corrected chi connectivity index (χ2v) is 4.86. The fourth-order valence-electron chi connectivity index (χ4n) is 0.578. The minimum Gasteiger partial charge on any atom is -0.329 e. The maximum atomic E-state index is 5.44. The standard InChI is InChI=1S/C6H13I2N/c7-4-2-1-3-6(8)5-9/h6H,1-5,9H2. The summed E-state index contributed by atoms with van der Waals surface area (Å²) in [5.41, 5.74) is 5.44. The molecule has 0 aromatic rings. The molecule has 0 aromatic heterocycles. The highest BCUT2D eigenvalue weighted by molar-refractivity contribution is 14.1. The van der Waals surface area contributed by atoms with Gasteiger partial charge in [-0.2, -0.15) is 0 Å². The summed E-state index contributed by atoms with van der Waals surface area (Å²) in [7, 11) is 0. The topological polar surface area (TPSA) is 26.0 Å². The Labute approximate surface area is 84.4 Å². The zero-order valence-electron chi connectivity index (χ0n) is 5.45. The van der Waals surface area contributed by atoms with Gasteiger partial charge in [0.2, 0.25) is 0 Å². The van der Waals surface area contributed by atoms with Gasteiger partial charge >= 0.3 is 0 Å². The third-order valence-electron chi connectivity index (χ3n) is 1.16. The lowest BCUT2D eigenvalue weighted by atomic mass is 10.2. The number of hydrogen-bond donors (Lipinski definition) is 1. The van der Waals surface area contributed by atoms with E-state index in [2.05, 4.69) is 45.2 Å². The van der Waals surface area contributed by atoms with Crippen LogP contribution in [0.4, 0.5) is 0 Å². The van der Waals surface area contributed by atoms with E-state index >= 15 is 0 Å². The van der Waals surface area contributed by atoms with Crippen LogP contribution in [0.5, 0.6) is 0 Å². The van der Waals surface area contributed by atoms with Crippen LogP contribution in [0.1, 0.15) is 19.3 Å². The normalized spacial score (nSPS) is 13.7. The number of alkyl halides is 2. The fraction of sp³-hybridized carbons (Fsp3) is 1.00. The number of halogens is 2. The predicted octanol–water partition coefficient (Wildman–Crippen LogP) is 2.35. The minimum absolute atomic E-state index is 0.700. The summed E-state index contributed by atoms with van der Waals surface area (Å²) in [6.07, 6.45) is 3.98. The Morgan fingerprint density at radius 2 is 2.00 bits per heavy atom. The molecule has 0 aliphatic heterocycles. The van der Waals surface area contributed by atoms with Crippen LogP contribution >= 0.6 is 45.2 Å². The van der Waals surface area contributed by atoms with Crippen LogP contribution in [-0.2, 0) is 0 Å². The van der Waals surface area contributed by atoms with Gasteiger partial charge in [-0.25, -0.2) is 0 Å². The van der Waals surface area contributed by atoms with Crippen LogP contribution in [0.25, 0.3) is 0 Å². The number of nitrogens with two attached hydrogens (primary N) is 1. The highest BCUT2D eigenvalue weighted by Crippen LogP contribution is 2.09. The van der Waals surface area contributed by atoms with Crippen LogP contribution in [0.15, 0.2) is 0 Å². The molecule has 0 fully saturated rings. The van der Waals surface area contributed by atoms with E-state index in [0.29, 0.717) is 3.92 Å². The SMILES string of the molecule is NCC(I)CCCCI. The van der Waals surface area contributed by atoms with Crippen LogP contribution < -0.4 is 5.73 Å². The highest BCUT2D eigenvalue weighted by Gasteiger charge is 1.98. The molecule has 9 heavy (non-hydrogen) atoms. The molecule has 0 heterocycles. The minimum atomic E-state index is 0.700. The van der Waals surface area contributed by atoms with E-state index in [-0.39, 0.29) is 0 Å². The molecule has 0 saturated carbocycles. The maximum Gasteiger partial charge on any atom is 0.0232 e. The molecule has 1 unspecified atom stereocenters. The van der Waals surface area contributed by atoms with E-state index in [1.54, 1.807) is 0 Å². The summed E-state index contributed by atoms with van der Waals surface area (Å²) >= 11 is 4.83. The molecule has 3 heteroatoms. The molecule has 0 rings (SSSR count). The molecule has 0 saturated heterocycles. The van der Waals surface area contributed by atoms with Crippen molar-refractivity contribution in [3.8, 4) is 0 Å². The monoisotopic (exact) mass is 353 g/mol. The molecule has 0 bridgehead atoms. The molecular formula is C6H13I2N. The zero-order valence-corrected chi connectivity index (χ0v) is 9.76. The van der Waals surface area contributed by atoms with Gasteiger partial charge in [0.05, 0.1) is 0 Å². The van der Waals surface area contributed by atoms with Crippen LogP contribution in [0, 0.1) is 0 Å². The van der Waals surface area contributed by atoms with Crippen LogP contribution in [0.3, 0.4) is 0 Å². The Kier molecular flexibility index (Phi) is 8.71. The summed E-state index contributed by atoms with van der Waals surface area (Å²) in [5, 5.41) is 0. The van der Waals surface area contributed by atoms with Crippen molar-refractivity contribution in [3.63, 3.8) is 0 Å². The average Bonchev–Trinajstić information content (AvgIpc) is 1.89. The Balaban J connectivity index is 2.88. The van der Waals surface area contributed by atoms with E-state index in [4.69, 9.17) is 5.73 Å². The van der Waals surface area contributed by atoms with E-state index in [1.165, 1.54) is 23.7 Å². The molecule has 0 spiro atoms. The Bertz CT molecular complexity index is 59.0. The lowest BCUT2D eigenvalue weighted by Crippen LogP contribution is -2.12. The number of hydrogen-bond acceptors (Lipinski definition) is 1. The fourth-order valence-corrected chi connectivity index (χ4v) is 1.56. The van der Waals surface area contributed by atoms with Gasteiger partial charge in [0.15, 0.2) is 0 Å². The largest absolute Gasteiger partial charge is 0.329 e. The van der Waals surface area contributed by atoms with Crippen molar-refractivity contribution in [2.24, 2.45) is 5.73 Å². The lowest BCUT2D eigenvalue weighted by Gasteiger charge is -2.03. The quantitative estimate of drug-likeness (QED) is 0.459. The first-order valence-electron chi connectivity index (χ1n) is 3.21. The molecular weight excluding hydrogens is 340 g/mol. The van der Waals surface area contributed by atoms with Gasteiger partial charge in [0, 0.05) is 10.5 Å². The van der Waals surface area contributed by atoms with Crippen LogP contribution in [0.2, 0.25) is 0 Å². The third kappa shape index (κ3) is 7.32. The Morgan fingerprint density at radius 1 is 1.33 bits per heavy atom. The van der Waals surface area contributed by atoms with Crippen molar-refractivity contribution in [3.05, 3.63) is 0 Å². The number of rotatable bonds is 5. The maximum absolute atomic E-state index is 5.44. The summed E-state index contributed by atoms with van der Waals surface area (Å²) < 4.78 is 1.98. The molecule has 0 aliphatic rings. The van der Waals surface area contributed by atoms with E-state index in [1.807, 2.05) is 0 Å². The van der Waals surface area contributed by atoms with Gasteiger partial charge in [-0.15, -0.1) is 0 Å². The van der Waals surface area contributed by atoms with E-state index < -0.39 is 0 Å². The molecule has 0 aromatic carbocycles. The highest BCUT2D eigenvalue weighted by atomic mass is 127. The van der Waals surface area contributed by atoms with Crippen LogP contribution in [-0.4, -0.2) is 14.9 Å². The first-order valence-corrected chi connectivity index (χ1v) is 5.98. The zero-order chi connectivity index (χ0) is 7.11. The van der Waals surface area contributed by atoms with Gasteiger partial charge in [0.1, 0.15) is 0 Å². The van der Waals surface area contributed by atoms with Crippen molar-refractivity contribution < 1.29 is 0 Å². The van der Waals surface area contributed by atoms with E-state index in [9.17, 15) is 0 Å². The van der Waals surface area contributed by atoms with Crippen molar-refractivity contribution in [2.45, 2.75) is 23.2 Å². The summed E-state index contributed by atoms with van der Waals surface area (Å²) in [6, 6.07) is 0. The van der Waals surface area contributed by atoms with Crippen molar-refractivity contribution in [2.75, 3.05) is 11.0 Å². The Morgan fingerprint density at radius 3 is 2.44 bits per heavy atom. The first kappa shape index (κ1) is 10.4. The third-order valence-corrected chi connectivity index (χ3v) is 3.05. The predicted molar refractivity (Wildman–Crippen MR) is 59.6 cm³/mol. The molecule has 1 nitrogen and oxygen atoms in total. The Hall–Kier alpha value is 1.42. The molecule has 1 atom stereocenters. The summed E-state index contributed by atoms with van der Waals surface area (Å²) in [4.78, 5) is 0. The van der Waals surface area contributed by atoms with Gasteiger partial charge in [0.25, 0.3) is 0 Å². The van der Waals surface area contributed by atoms with Gasteiger partial charge in [-0.1, -0.05) is 51.6 Å². The molecule has 56 valence electrons. The van der Waals surface area contributed by atoms with Gasteiger partial charge < -0.3 is 5.73 Å². The molecule has 2 N–H and O–H groups in total.